The number of carbonyl (C=O) groups is 1. The van der Waals surface area contributed by atoms with E-state index in [2.05, 4.69) is 107 Å². The van der Waals surface area contributed by atoms with E-state index in [1.807, 2.05) is 24.3 Å². The Hall–Kier alpha value is -3.94. The zero-order chi connectivity index (χ0) is 30.2. The van der Waals surface area contributed by atoms with Gasteiger partial charge in [0.1, 0.15) is 12.2 Å². The molecule has 1 aliphatic carbocycles. The van der Waals surface area contributed by atoms with Crippen molar-refractivity contribution in [3.05, 3.63) is 125 Å². The van der Waals surface area contributed by atoms with E-state index in [0.29, 0.717) is 18.3 Å². The molecule has 0 aliphatic heterocycles. The van der Waals surface area contributed by atoms with Crippen molar-refractivity contribution in [1.29, 1.82) is 5.26 Å². The molecule has 0 fully saturated rings. The average molecular weight is 562 g/mol. The van der Waals surface area contributed by atoms with Crippen LogP contribution < -0.4 is 0 Å². The van der Waals surface area contributed by atoms with E-state index >= 15 is 0 Å². The SMILES string of the molecule is CC(C)Cc1cc(CCC(=O)O)ccc1C1=CC(Cc2ccccc2)(CC(C)C)C(OCC#N)(c2ccccc2)C=C1. The summed E-state index contributed by atoms with van der Waals surface area (Å²) in [6.45, 7) is 8.91. The van der Waals surface area contributed by atoms with Crippen LogP contribution in [0.5, 0.6) is 0 Å². The number of rotatable bonds is 13. The number of aliphatic carboxylic acids is 1. The van der Waals surface area contributed by atoms with E-state index < -0.39 is 17.0 Å². The van der Waals surface area contributed by atoms with Crippen LogP contribution >= 0.6 is 0 Å². The Morgan fingerprint density at radius 2 is 1.62 bits per heavy atom. The first-order valence-electron chi connectivity index (χ1n) is 15.0. The predicted molar refractivity (Wildman–Crippen MR) is 170 cm³/mol. The highest BCUT2D eigenvalue weighted by Crippen LogP contribution is 2.55. The fourth-order valence-corrected chi connectivity index (χ4v) is 6.58. The van der Waals surface area contributed by atoms with Gasteiger partial charge in [-0.15, -0.1) is 0 Å². The van der Waals surface area contributed by atoms with E-state index in [-0.39, 0.29) is 13.0 Å². The summed E-state index contributed by atoms with van der Waals surface area (Å²) in [5.74, 6) is 0.0233. The minimum Gasteiger partial charge on any atom is -0.481 e. The Bertz CT molecular complexity index is 1450. The minimum atomic E-state index is -0.840. The Kier molecular flexibility index (Phi) is 10.2. The average Bonchev–Trinajstić information content (AvgIpc) is 2.96. The van der Waals surface area contributed by atoms with Gasteiger partial charge in [0.25, 0.3) is 0 Å². The van der Waals surface area contributed by atoms with Gasteiger partial charge >= 0.3 is 5.97 Å². The first-order chi connectivity index (χ1) is 20.2. The normalized spacial score (nSPS) is 20.0. The van der Waals surface area contributed by atoms with Gasteiger partial charge in [-0.2, -0.15) is 5.26 Å². The molecule has 3 aromatic carbocycles. The van der Waals surface area contributed by atoms with Gasteiger partial charge in [0.05, 0.1) is 6.07 Å². The maximum Gasteiger partial charge on any atom is 0.303 e. The zero-order valence-electron chi connectivity index (χ0n) is 25.3. The Balaban J connectivity index is 1.96. The highest BCUT2D eigenvalue weighted by Gasteiger charge is 2.52. The standard InChI is InChI=1S/C38H43NO3/c1-28(2)23-33-24-30(16-18-36(40)41)15-17-35(33)32-19-20-38(42-22-21-39,34-13-9-6-10-14-34)37(27-32,25-29(3)4)26-31-11-7-5-8-12-31/h5-15,17,19-20,24,27-29H,16,18,22-23,25-26H2,1-4H3,(H,40,41). The molecule has 218 valence electrons. The first kappa shape index (κ1) is 31.0. The summed E-state index contributed by atoms with van der Waals surface area (Å²) >= 11 is 0. The fourth-order valence-electron chi connectivity index (χ4n) is 6.58. The molecule has 0 saturated carbocycles. The van der Waals surface area contributed by atoms with Crippen LogP contribution in [0.15, 0.2) is 97.1 Å². The van der Waals surface area contributed by atoms with Crippen LogP contribution in [0.2, 0.25) is 0 Å². The molecule has 3 aromatic rings. The van der Waals surface area contributed by atoms with Crippen molar-refractivity contribution in [1.82, 2.24) is 0 Å². The maximum atomic E-state index is 11.3. The molecule has 1 aliphatic rings. The summed E-state index contributed by atoms with van der Waals surface area (Å²) in [5, 5.41) is 19.0. The van der Waals surface area contributed by atoms with Crippen LogP contribution in [0, 0.1) is 28.6 Å². The van der Waals surface area contributed by atoms with E-state index in [0.717, 1.165) is 36.0 Å². The predicted octanol–water partition coefficient (Wildman–Crippen LogP) is 8.57. The third kappa shape index (κ3) is 7.09. The van der Waals surface area contributed by atoms with Crippen molar-refractivity contribution < 1.29 is 14.6 Å². The Morgan fingerprint density at radius 3 is 2.24 bits per heavy atom. The summed E-state index contributed by atoms with van der Waals surface area (Å²) in [6, 6.07) is 29.6. The molecular weight excluding hydrogens is 518 g/mol. The number of carboxylic acid groups (broad SMARTS) is 1. The second kappa shape index (κ2) is 13.8. The fraction of sp³-hybridized carbons (Fsp3) is 0.368. The highest BCUT2D eigenvalue weighted by atomic mass is 16.5. The molecule has 1 N–H and O–H groups in total. The van der Waals surface area contributed by atoms with Crippen molar-refractivity contribution in [3.8, 4) is 6.07 Å². The first-order valence-corrected chi connectivity index (χ1v) is 15.0. The smallest absolute Gasteiger partial charge is 0.303 e. The molecule has 0 spiro atoms. The van der Waals surface area contributed by atoms with Gasteiger partial charge < -0.3 is 9.84 Å². The number of aryl methyl sites for hydroxylation is 1. The Labute approximate surface area is 251 Å². The van der Waals surface area contributed by atoms with E-state index in [1.165, 1.54) is 16.7 Å². The third-order valence-corrected chi connectivity index (χ3v) is 8.11. The van der Waals surface area contributed by atoms with Crippen LogP contribution in [-0.4, -0.2) is 17.7 Å². The largest absolute Gasteiger partial charge is 0.481 e. The second-order valence-electron chi connectivity index (χ2n) is 12.4. The third-order valence-electron chi connectivity index (χ3n) is 8.11. The molecule has 4 nitrogen and oxygen atoms in total. The second-order valence-corrected chi connectivity index (χ2v) is 12.4. The monoisotopic (exact) mass is 561 g/mol. The highest BCUT2D eigenvalue weighted by molar-refractivity contribution is 5.79. The van der Waals surface area contributed by atoms with Crippen LogP contribution in [-0.2, 0) is 34.4 Å². The van der Waals surface area contributed by atoms with E-state index in [1.54, 1.807) is 0 Å². The lowest BCUT2D eigenvalue weighted by Gasteiger charge is -2.51. The lowest BCUT2D eigenvalue weighted by Crippen LogP contribution is -2.49. The van der Waals surface area contributed by atoms with Crippen LogP contribution in [0.25, 0.3) is 5.57 Å². The number of benzene rings is 3. The molecule has 0 amide bonds. The van der Waals surface area contributed by atoms with Crippen LogP contribution in [0.3, 0.4) is 0 Å². The van der Waals surface area contributed by atoms with Crippen molar-refractivity contribution in [2.24, 2.45) is 17.3 Å². The van der Waals surface area contributed by atoms with Crippen molar-refractivity contribution in [2.75, 3.05) is 6.61 Å². The van der Waals surface area contributed by atoms with Gasteiger partial charge in [-0.05, 0) is 77.0 Å². The molecule has 42 heavy (non-hydrogen) atoms. The molecule has 4 heteroatoms. The summed E-state index contributed by atoms with van der Waals surface area (Å²) in [6.07, 6.45) is 9.91. The molecule has 0 aromatic heterocycles. The quantitative estimate of drug-likeness (QED) is 0.227. The van der Waals surface area contributed by atoms with Crippen molar-refractivity contribution in [2.45, 2.75) is 65.4 Å². The van der Waals surface area contributed by atoms with Crippen LogP contribution in [0.4, 0.5) is 0 Å². The van der Waals surface area contributed by atoms with Gasteiger partial charge in [-0.3, -0.25) is 4.79 Å². The van der Waals surface area contributed by atoms with Gasteiger partial charge in [0.15, 0.2) is 0 Å². The Morgan fingerprint density at radius 1 is 0.929 bits per heavy atom. The van der Waals surface area contributed by atoms with E-state index in [4.69, 9.17) is 4.74 Å². The number of nitriles is 1. The lowest BCUT2D eigenvalue weighted by atomic mass is 9.58. The molecule has 2 atom stereocenters. The molecule has 0 bridgehead atoms. The number of hydrogen-bond donors (Lipinski definition) is 1. The molecule has 4 rings (SSSR count). The molecule has 0 saturated heterocycles. The maximum absolute atomic E-state index is 11.3. The minimum absolute atomic E-state index is 0.0199. The van der Waals surface area contributed by atoms with Gasteiger partial charge in [0, 0.05) is 11.8 Å². The molecule has 0 heterocycles. The van der Waals surface area contributed by atoms with Crippen LogP contribution in [0.1, 0.15) is 68.4 Å². The molecular formula is C38H43NO3. The topological polar surface area (TPSA) is 70.3 Å². The zero-order valence-corrected chi connectivity index (χ0v) is 25.3. The summed E-state index contributed by atoms with van der Waals surface area (Å²) in [4.78, 5) is 11.3. The van der Waals surface area contributed by atoms with Crippen molar-refractivity contribution in [3.63, 3.8) is 0 Å². The van der Waals surface area contributed by atoms with Gasteiger partial charge in [0.2, 0.25) is 0 Å². The molecule has 2 unspecified atom stereocenters. The number of carboxylic acids is 1. The van der Waals surface area contributed by atoms with E-state index in [9.17, 15) is 15.2 Å². The number of allylic oxidation sites excluding steroid dienone is 2. The number of ether oxygens (including phenoxy) is 1. The molecule has 0 radical (unpaired) electrons. The van der Waals surface area contributed by atoms with Gasteiger partial charge in [-0.25, -0.2) is 0 Å². The van der Waals surface area contributed by atoms with Gasteiger partial charge in [-0.1, -0.05) is 119 Å². The summed E-state index contributed by atoms with van der Waals surface area (Å²) < 4.78 is 6.70. The van der Waals surface area contributed by atoms with Crippen molar-refractivity contribution >= 4 is 11.5 Å². The summed E-state index contributed by atoms with van der Waals surface area (Å²) in [7, 11) is 0. The lowest BCUT2D eigenvalue weighted by molar-refractivity contribution is -0.136. The summed E-state index contributed by atoms with van der Waals surface area (Å²) in [5.41, 5.74) is 5.51. The number of nitrogens with zero attached hydrogens (tertiary/aromatic N) is 1. The number of hydrogen-bond acceptors (Lipinski definition) is 3.